The Morgan fingerprint density at radius 3 is 0.455 bits per heavy atom. The Morgan fingerprint density at radius 2 is 0.323 bits per heavy atom. The maximum absolute atomic E-state index is 8.94. The first-order valence-electron chi connectivity index (χ1n) is 37.3. The molecule has 0 aliphatic rings. The molecule has 99 heavy (non-hydrogen) atoms. The van der Waals surface area contributed by atoms with Crippen LogP contribution < -0.4 is 58.6 Å². The normalized spacial score (nSPS) is 14.4. The molecule has 0 saturated carbocycles. The second-order valence-corrected chi connectivity index (χ2v) is 48.5. The molecule has 0 aliphatic carbocycles. The van der Waals surface area contributed by atoms with Crippen LogP contribution in [0.5, 0.6) is 46.0 Å². The zero-order valence-electron chi connectivity index (χ0n) is 71.3. The lowest BCUT2D eigenvalue weighted by Crippen LogP contribution is -2.58. The zero-order chi connectivity index (χ0) is 76.6. The van der Waals surface area contributed by atoms with E-state index in [0.717, 1.165) is 72.1 Å². The molecule has 0 heterocycles. The molecule has 0 aliphatic heterocycles. The Kier molecular flexibility index (Phi) is 26.7. The van der Waals surface area contributed by atoms with Crippen LogP contribution in [-0.4, -0.2) is 62.9 Å². The topological polar surface area (TPSA) is 83.1 Å². The van der Waals surface area contributed by atoms with Gasteiger partial charge in [0.25, 0.3) is 18.1 Å². The number of benzene rings is 4. The van der Waals surface area contributed by atoms with E-state index in [4.69, 9.17) is 42.0 Å². The number of hydrogen-bond donors (Lipinski definition) is 0. The molecule has 0 aromatic heterocycles. The van der Waals surface area contributed by atoms with Crippen LogP contribution in [0.1, 0.15) is 328 Å². The van der Waals surface area contributed by atoms with Gasteiger partial charge in [0, 0.05) is 20.7 Å². The molecule has 0 N–H and O–H groups in total. The van der Waals surface area contributed by atoms with Crippen molar-refractivity contribution in [1.82, 2.24) is 0 Å². The maximum atomic E-state index is 8.94. The van der Waals surface area contributed by atoms with E-state index in [0.29, 0.717) is 46.0 Å². The van der Waals surface area contributed by atoms with Crippen LogP contribution in [0.4, 0.5) is 0 Å². The highest BCUT2D eigenvalue weighted by atomic mass is 28.4. The Labute approximate surface area is 612 Å². The first kappa shape index (κ1) is 87.1. The molecule has 0 unspecified atom stereocenters. The number of ether oxygens (including phenoxy) is 8. The van der Waals surface area contributed by atoms with Crippen LogP contribution >= 0.6 is 0 Å². The summed E-state index contributed by atoms with van der Waals surface area (Å²) in [6.45, 7) is 90.0. The molecule has 4 rings (SSSR count). The summed E-state index contributed by atoms with van der Waals surface area (Å²) in [5, 5.41) is 3.45. The van der Waals surface area contributed by atoms with Crippen molar-refractivity contribution in [3.05, 3.63) is 72.8 Å². The van der Waals surface area contributed by atoms with Gasteiger partial charge in [-0.2, -0.15) is 0 Å². The standard InChI is InChI=1S/C88H148O9Si2/c1-73(2,3)53-81(25,26)89-61-41-45-65(93-85(33,34)57-77(13,14)15)69(49-61)98(70-50-62(90-82(27,28)54-74(4,5)6)42-46-66(70)94-86(35,36)58-78(16,17)18)97-99(71-51-63(91-83(29,30)55-75(7,8)9)43-47-67(71)95-87(37,38)59-79(19,20)21)72-52-64(92-84(31,32)56-76(10,11)12)44-48-68(72)96-88(39,40)60-80(22,23)24/h41-52H,53-60H2,1-40H3. The van der Waals surface area contributed by atoms with Crippen molar-refractivity contribution < 1.29 is 42.0 Å². The van der Waals surface area contributed by atoms with Crippen molar-refractivity contribution >= 4 is 38.8 Å². The summed E-state index contributed by atoms with van der Waals surface area (Å²) < 4.78 is 69.1. The van der Waals surface area contributed by atoms with Crippen molar-refractivity contribution in [1.29, 1.82) is 0 Å². The molecular weight excluding hydrogens is 1260 g/mol. The van der Waals surface area contributed by atoms with Gasteiger partial charge in [-0.25, -0.2) is 0 Å². The molecule has 9 nitrogen and oxygen atoms in total. The Morgan fingerprint density at radius 1 is 0.192 bits per heavy atom. The van der Waals surface area contributed by atoms with Gasteiger partial charge in [0.2, 0.25) is 0 Å². The molecule has 11 heteroatoms. The average molecular weight is 1410 g/mol. The fourth-order valence-corrected chi connectivity index (χ4v) is 22.6. The van der Waals surface area contributed by atoms with Crippen LogP contribution in [0.25, 0.3) is 0 Å². The summed E-state index contributed by atoms with van der Waals surface area (Å²) in [6, 6.07) is 25.8. The Hall–Kier alpha value is -4.33. The first-order chi connectivity index (χ1) is 43.8. The average Bonchev–Trinajstić information content (AvgIpc) is 0.759. The summed E-state index contributed by atoms with van der Waals surface area (Å²) in [5.74, 6) is 5.65. The van der Waals surface area contributed by atoms with Gasteiger partial charge < -0.3 is 42.0 Å². The minimum atomic E-state index is -2.78. The minimum Gasteiger partial charge on any atom is -0.488 e. The van der Waals surface area contributed by atoms with Crippen molar-refractivity contribution in [3.8, 4) is 46.0 Å². The van der Waals surface area contributed by atoms with Gasteiger partial charge in [-0.3, -0.25) is 0 Å². The van der Waals surface area contributed by atoms with Crippen molar-refractivity contribution in [3.63, 3.8) is 0 Å². The lowest BCUT2D eigenvalue weighted by Gasteiger charge is -2.38. The highest BCUT2D eigenvalue weighted by Crippen LogP contribution is 2.41. The lowest BCUT2D eigenvalue weighted by molar-refractivity contribution is 0.0582. The summed E-state index contributed by atoms with van der Waals surface area (Å²) in [7, 11) is -5.56. The van der Waals surface area contributed by atoms with E-state index in [-0.39, 0.29) is 43.3 Å². The predicted molar refractivity (Wildman–Crippen MR) is 427 cm³/mol. The van der Waals surface area contributed by atoms with Gasteiger partial charge >= 0.3 is 0 Å². The number of rotatable bonds is 30. The Bertz CT molecular complexity index is 2830. The van der Waals surface area contributed by atoms with Crippen LogP contribution in [0.15, 0.2) is 72.8 Å². The SMILES string of the molecule is CC(C)(C)CC(C)(C)Oc1ccc(OC(C)(C)CC(C)(C)C)c([Si](O[Si](c2cc(OC(C)(C)CC(C)(C)C)ccc2OC(C)(C)CC(C)(C)C)c2cc(OC(C)(C)CC(C)(C)C)ccc2OC(C)(C)CC(C)(C)C)c2cc(OC(C)(C)CC(C)(C)C)ccc2OC(C)(C)CC(C)(C)C)c1. The van der Waals surface area contributed by atoms with E-state index in [1.165, 1.54) is 0 Å². The van der Waals surface area contributed by atoms with Gasteiger partial charge in [-0.1, -0.05) is 166 Å². The fraction of sp³-hybridized carbons (Fsp3) is 0.727. The smallest absolute Gasteiger partial charge is 0.280 e. The van der Waals surface area contributed by atoms with Crippen LogP contribution in [0.2, 0.25) is 0 Å². The highest BCUT2D eigenvalue weighted by molar-refractivity contribution is 6.93. The zero-order valence-corrected chi connectivity index (χ0v) is 73.3. The first-order valence-corrected chi connectivity index (χ1v) is 40.1. The summed E-state index contributed by atoms with van der Waals surface area (Å²) >= 11 is 0. The molecule has 0 saturated heterocycles. The van der Waals surface area contributed by atoms with E-state index in [1.807, 2.05) is 0 Å². The maximum Gasteiger partial charge on any atom is 0.280 e. The summed E-state index contributed by atoms with van der Waals surface area (Å²) in [4.78, 5) is 0. The quantitative estimate of drug-likeness (QED) is 0.0474. The van der Waals surface area contributed by atoms with Crippen LogP contribution in [-0.2, 0) is 4.12 Å². The lowest BCUT2D eigenvalue weighted by atomic mass is 9.83. The molecule has 4 aromatic rings. The van der Waals surface area contributed by atoms with E-state index in [9.17, 15) is 0 Å². The predicted octanol–water partition coefficient (Wildman–Crippen LogP) is 23.4. The second-order valence-electron chi connectivity index (χ2n) is 44.2. The molecule has 0 fully saturated rings. The molecule has 0 atom stereocenters. The Balaban J connectivity index is 2.59. The van der Waals surface area contributed by atoms with Crippen LogP contribution in [0, 0.1) is 43.3 Å². The monoisotopic (exact) mass is 1410 g/mol. The fourth-order valence-electron chi connectivity index (χ4n) is 16.9. The van der Waals surface area contributed by atoms with Crippen molar-refractivity contribution in [2.24, 2.45) is 43.3 Å². The molecule has 0 amide bonds. The van der Waals surface area contributed by atoms with Gasteiger partial charge in [0.1, 0.15) is 90.8 Å². The highest BCUT2D eigenvalue weighted by Gasteiger charge is 2.43. The second kappa shape index (κ2) is 30.4. The van der Waals surface area contributed by atoms with Crippen LogP contribution in [0.3, 0.4) is 0 Å². The third-order valence-corrected chi connectivity index (χ3v) is 20.9. The van der Waals surface area contributed by atoms with Crippen molar-refractivity contribution in [2.75, 3.05) is 0 Å². The number of hydrogen-bond acceptors (Lipinski definition) is 9. The van der Waals surface area contributed by atoms with E-state index in [2.05, 4.69) is 350 Å². The third-order valence-electron chi connectivity index (χ3n) is 15.8. The van der Waals surface area contributed by atoms with Gasteiger partial charge in [0.15, 0.2) is 0 Å². The molecule has 4 aromatic carbocycles. The van der Waals surface area contributed by atoms with Crippen molar-refractivity contribution in [2.45, 2.75) is 373 Å². The third kappa shape index (κ3) is 32.5. The molecule has 562 valence electrons. The molecular formula is C88H148O9Si2. The largest absolute Gasteiger partial charge is 0.488 e. The summed E-state index contributed by atoms with van der Waals surface area (Å²) in [5.41, 5.74) is -5.27. The van der Waals surface area contributed by atoms with E-state index < -0.39 is 62.9 Å². The van der Waals surface area contributed by atoms with E-state index in [1.54, 1.807) is 0 Å². The van der Waals surface area contributed by atoms with E-state index >= 15 is 0 Å². The molecule has 0 spiro atoms. The van der Waals surface area contributed by atoms with Gasteiger partial charge in [-0.05, 0) is 278 Å². The van der Waals surface area contributed by atoms with Gasteiger partial charge in [0.05, 0.1) is 0 Å². The summed E-state index contributed by atoms with van der Waals surface area (Å²) in [6.07, 6.45) is 6.28. The molecule has 2 radical (unpaired) electrons. The molecule has 0 bridgehead atoms. The minimum absolute atomic E-state index is 0.0298. The van der Waals surface area contributed by atoms with Gasteiger partial charge in [-0.15, -0.1) is 0 Å².